The summed E-state index contributed by atoms with van der Waals surface area (Å²) >= 11 is 0. The molecule has 0 aromatic rings. The Kier molecular flexibility index (Phi) is 19.8. The van der Waals surface area contributed by atoms with Crippen LogP contribution in [0.4, 0.5) is 0 Å². The van der Waals surface area contributed by atoms with E-state index in [0.717, 1.165) is 71.2 Å². The van der Waals surface area contributed by atoms with Crippen LogP contribution in [-0.4, -0.2) is 63.8 Å². The van der Waals surface area contributed by atoms with Gasteiger partial charge in [-0.05, 0) is 45.8 Å². The van der Waals surface area contributed by atoms with Crippen LogP contribution in [0.1, 0.15) is 40.0 Å². The first-order valence-corrected chi connectivity index (χ1v) is 8.03. The quantitative estimate of drug-likeness (QED) is 0.223. The van der Waals surface area contributed by atoms with Gasteiger partial charge in [0.2, 0.25) is 0 Å². The number of ether oxygens (including phenoxy) is 1. The molecule has 0 aliphatic carbocycles. The molecular formula is C15H35IN4O. The van der Waals surface area contributed by atoms with Crippen LogP contribution in [0.5, 0.6) is 0 Å². The van der Waals surface area contributed by atoms with Crippen molar-refractivity contribution in [2.45, 2.75) is 40.0 Å². The van der Waals surface area contributed by atoms with E-state index in [-0.39, 0.29) is 24.0 Å². The van der Waals surface area contributed by atoms with Gasteiger partial charge in [-0.15, -0.1) is 24.0 Å². The molecule has 0 bridgehead atoms. The predicted molar refractivity (Wildman–Crippen MR) is 103 cm³/mol. The Labute approximate surface area is 148 Å². The van der Waals surface area contributed by atoms with E-state index in [1.54, 1.807) is 0 Å². The number of nitrogens with zero attached hydrogens (tertiary/aromatic N) is 2. The van der Waals surface area contributed by atoms with Gasteiger partial charge in [0.25, 0.3) is 0 Å². The van der Waals surface area contributed by atoms with Crippen molar-refractivity contribution in [3.63, 3.8) is 0 Å². The molecule has 2 N–H and O–H groups in total. The van der Waals surface area contributed by atoms with E-state index in [0.29, 0.717) is 0 Å². The van der Waals surface area contributed by atoms with Crippen molar-refractivity contribution in [3.05, 3.63) is 0 Å². The van der Waals surface area contributed by atoms with Gasteiger partial charge in [0.15, 0.2) is 5.96 Å². The highest BCUT2D eigenvalue weighted by Crippen LogP contribution is 1.90. The maximum absolute atomic E-state index is 5.31. The minimum Gasteiger partial charge on any atom is -0.382 e. The van der Waals surface area contributed by atoms with Crippen molar-refractivity contribution in [3.8, 4) is 0 Å². The summed E-state index contributed by atoms with van der Waals surface area (Å²) in [7, 11) is 1.82. The van der Waals surface area contributed by atoms with Gasteiger partial charge in [0.05, 0.1) is 0 Å². The largest absolute Gasteiger partial charge is 0.382 e. The Hall–Kier alpha value is -0.0800. The number of guanidine groups is 1. The van der Waals surface area contributed by atoms with Gasteiger partial charge >= 0.3 is 0 Å². The van der Waals surface area contributed by atoms with E-state index in [1.165, 1.54) is 0 Å². The molecule has 0 amide bonds. The molecule has 0 heterocycles. The average molecular weight is 414 g/mol. The van der Waals surface area contributed by atoms with Gasteiger partial charge in [-0.2, -0.15) is 0 Å². The first kappa shape index (κ1) is 23.2. The monoisotopic (exact) mass is 414 g/mol. The smallest absolute Gasteiger partial charge is 0.190 e. The number of rotatable bonds is 12. The molecule has 6 heteroatoms. The molecule has 0 aliphatic heterocycles. The molecule has 0 saturated carbocycles. The summed E-state index contributed by atoms with van der Waals surface area (Å²) < 4.78 is 5.31. The molecule has 0 saturated heterocycles. The summed E-state index contributed by atoms with van der Waals surface area (Å²) in [6.45, 7) is 13.4. The molecule has 0 aromatic heterocycles. The molecule has 0 radical (unpaired) electrons. The number of hydrogen-bond acceptors (Lipinski definition) is 3. The Morgan fingerprint density at radius 1 is 1.00 bits per heavy atom. The molecule has 5 nitrogen and oxygen atoms in total. The van der Waals surface area contributed by atoms with Gasteiger partial charge in [0, 0.05) is 33.4 Å². The maximum atomic E-state index is 5.31. The molecule has 0 aromatic carbocycles. The fraction of sp³-hybridized carbons (Fsp3) is 0.933. The Morgan fingerprint density at radius 2 is 1.62 bits per heavy atom. The molecular weight excluding hydrogens is 379 g/mol. The van der Waals surface area contributed by atoms with E-state index < -0.39 is 0 Å². The van der Waals surface area contributed by atoms with Crippen molar-refractivity contribution >= 4 is 29.9 Å². The van der Waals surface area contributed by atoms with Crippen molar-refractivity contribution in [1.29, 1.82) is 0 Å². The lowest BCUT2D eigenvalue weighted by Gasteiger charge is -2.18. The van der Waals surface area contributed by atoms with E-state index in [4.69, 9.17) is 4.74 Å². The fourth-order valence-electron chi connectivity index (χ4n) is 1.95. The molecule has 0 aliphatic rings. The number of halogens is 1. The van der Waals surface area contributed by atoms with Crippen molar-refractivity contribution in [1.82, 2.24) is 15.5 Å². The van der Waals surface area contributed by atoms with Gasteiger partial charge in [-0.3, -0.25) is 4.99 Å². The Balaban J connectivity index is 0. The molecule has 128 valence electrons. The number of aliphatic imine (C=N–C) groups is 1. The number of nitrogens with one attached hydrogen (secondary N) is 2. The lowest BCUT2D eigenvalue weighted by Crippen LogP contribution is -2.39. The van der Waals surface area contributed by atoms with Gasteiger partial charge in [-0.25, -0.2) is 0 Å². The highest BCUT2D eigenvalue weighted by Gasteiger charge is 2.00. The third-order valence-electron chi connectivity index (χ3n) is 3.27. The minimum atomic E-state index is 0. The number of unbranched alkanes of at least 4 members (excludes halogenated alkanes) is 1. The topological polar surface area (TPSA) is 48.9 Å². The summed E-state index contributed by atoms with van der Waals surface area (Å²) in [5.41, 5.74) is 0. The first-order chi connectivity index (χ1) is 9.78. The molecule has 21 heavy (non-hydrogen) atoms. The van der Waals surface area contributed by atoms with Crippen molar-refractivity contribution in [2.75, 3.05) is 53.0 Å². The predicted octanol–water partition coefficient (Wildman–Crippen LogP) is 2.32. The molecule has 0 unspecified atom stereocenters. The molecule has 0 fully saturated rings. The number of hydrogen-bond donors (Lipinski definition) is 2. The second-order valence-electron chi connectivity index (χ2n) is 4.71. The highest BCUT2D eigenvalue weighted by molar-refractivity contribution is 14.0. The summed E-state index contributed by atoms with van der Waals surface area (Å²) in [6, 6.07) is 0. The van der Waals surface area contributed by atoms with Crippen LogP contribution in [0.2, 0.25) is 0 Å². The van der Waals surface area contributed by atoms with Crippen molar-refractivity contribution in [2.24, 2.45) is 4.99 Å². The van der Waals surface area contributed by atoms with Gasteiger partial charge in [-0.1, -0.05) is 13.8 Å². The van der Waals surface area contributed by atoms with Crippen LogP contribution in [0.3, 0.4) is 0 Å². The van der Waals surface area contributed by atoms with Crippen LogP contribution in [0.15, 0.2) is 4.99 Å². The van der Waals surface area contributed by atoms with Crippen LogP contribution in [0.25, 0.3) is 0 Å². The molecule has 0 spiro atoms. The second kappa shape index (κ2) is 18.0. The van der Waals surface area contributed by atoms with E-state index in [1.807, 2.05) is 14.0 Å². The molecule has 0 atom stereocenters. The normalized spacial score (nSPS) is 11.4. The standard InChI is InChI=1S/C15H34N4O.HI/c1-5-19(6-2)13-10-12-18-15(16-4)17-11-8-9-14-20-7-3;/h5-14H2,1-4H3,(H2,16,17,18);1H. The molecule has 0 rings (SSSR count). The minimum absolute atomic E-state index is 0. The van der Waals surface area contributed by atoms with E-state index in [2.05, 4.69) is 34.4 Å². The summed E-state index contributed by atoms with van der Waals surface area (Å²) in [4.78, 5) is 6.66. The maximum Gasteiger partial charge on any atom is 0.190 e. The average Bonchev–Trinajstić information content (AvgIpc) is 2.48. The lowest BCUT2D eigenvalue weighted by molar-refractivity contribution is 0.143. The van der Waals surface area contributed by atoms with E-state index in [9.17, 15) is 0 Å². The zero-order valence-electron chi connectivity index (χ0n) is 14.3. The van der Waals surface area contributed by atoms with Crippen molar-refractivity contribution < 1.29 is 4.74 Å². The summed E-state index contributed by atoms with van der Waals surface area (Å²) in [6.07, 6.45) is 3.35. The summed E-state index contributed by atoms with van der Waals surface area (Å²) in [5, 5.41) is 6.69. The summed E-state index contributed by atoms with van der Waals surface area (Å²) in [5.74, 6) is 0.904. The SMILES string of the molecule is CCOCCCCNC(=NC)NCCCN(CC)CC.I. The lowest BCUT2D eigenvalue weighted by atomic mass is 10.3. The first-order valence-electron chi connectivity index (χ1n) is 8.03. The third kappa shape index (κ3) is 14.6. The fourth-order valence-corrected chi connectivity index (χ4v) is 1.95. The van der Waals surface area contributed by atoms with E-state index >= 15 is 0 Å². The van der Waals surface area contributed by atoms with Crippen LogP contribution in [0, 0.1) is 0 Å². The zero-order valence-corrected chi connectivity index (χ0v) is 16.6. The van der Waals surface area contributed by atoms with Gasteiger partial charge < -0.3 is 20.3 Å². The van der Waals surface area contributed by atoms with Crippen LogP contribution < -0.4 is 10.6 Å². The third-order valence-corrected chi connectivity index (χ3v) is 3.27. The second-order valence-corrected chi connectivity index (χ2v) is 4.71. The zero-order chi connectivity index (χ0) is 15.1. The Bertz CT molecular complexity index is 236. The Morgan fingerprint density at radius 3 is 2.14 bits per heavy atom. The highest BCUT2D eigenvalue weighted by atomic mass is 127. The van der Waals surface area contributed by atoms with Gasteiger partial charge in [0.1, 0.15) is 0 Å². The van der Waals surface area contributed by atoms with Crippen LogP contribution in [-0.2, 0) is 4.74 Å². The van der Waals surface area contributed by atoms with Crippen LogP contribution >= 0.6 is 24.0 Å².